The van der Waals surface area contributed by atoms with E-state index in [2.05, 4.69) is 26.0 Å². The summed E-state index contributed by atoms with van der Waals surface area (Å²) < 4.78 is 32.2. The number of amidine groups is 1. The van der Waals surface area contributed by atoms with Gasteiger partial charge in [0.15, 0.2) is 5.78 Å². The number of nitrogens with one attached hydrogen (secondary N) is 1. The van der Waals surface area contributed by atoms with Crippen LogP contribution in [0.4, 0.5) is 10.1 Å². The summed E-state index contributed by atoms with van der Waals surface area (Å²) in [6.45, 7) is 3.51. The summed E-state index contributed by atoms with van der Waals surface area (Å²) in [6, 6.07) is 16.3. The second-order valence-corrected chi connectivity index (χ2v) is 11.7. The number of aliphatic hydroxyl groups excluding tert-OH is 1. The van der Waals surface area contributed by atoms with Crippen molar-refractivity contribution in [2.45, 2.75) is 25.7 Å². The molecule has 2 unspecified atom stereocenters. The van der Waals surface area contributed by atoms with E-state index in [1.54, 1.807) is 32.0 Å². The number of hydrogen-bond donors (Lipinski definition) is 3. The van der Waals surface area contributed by atoms with E-state index in [9.17, 15) is 23.7 Å². The fourth-order valence-electron chi connectivity index (χ4n) is 4.73. The third-order valence-electron chi connectivity index (χ3n) is 6.44. The Balaban J connectivity index is 1.70. The van der Waals surface area contributed by atoms with Crippen molar-refractivity contribution in [3.63, 3.8) is 0 Å². The van der Waals surface area contributed by atoms with Crippen LogP contribution in [-0.4, -0.2) is 21.6 Å². The Morgan fingerprint density at radius 3 is 2.66 bits per heavy atom. The predicted octanol–water partition coefficient (Wildman–Crippen LogP) is 5.58. The van der Waals surface area contributed by atoms with Crippen LogP contribution in [0.25, 0.3) is 5.76 Å². The van der Waals surface area contributed by atoms with Gasteiger partial charge in [0.2, 0.25) is 0 Å². The topological polar surface area (TPSA) is 99.0 Å². The van der Waals surface area contributed by atoms with Gasteiger partial charge in [-0.15, -0.1) is 0 Å². The summed E-state index contributed by atoms with van der Waals surface area (Å²) in [5, 5.41) is 14.2. The molecular weight excluding hydrogens is 534 g/mol. The first kappa shape index (κ1) is 23.7. The maximum Gasteiger partial charge on any atom is 0.346 e. The van der Waals surface area contributed by atoms with Crippen LogP contribution >= 0.6 is 23.4 Å². The second-order valence-electron chi connectivity index (χ2n) is 9.02. The average molecular weight is 555 g/mol. The number of anilines is 1. The van der Waals surface area contributed by atoms with Gasteiger partial charge >= 0.3 is 7.52 Å². The first-order valence-corrected chi connectivity index (χ1v) is 13.2. The lowest BCUT2D eigenvalue weighted by molar-refractivity contribution is -0.120. The molecule has 9 heteroatoms. The number of Topliss-reactive ketones (excluding diaryl/α,β-unsaturated/α-hetero) is 1. The Kier molecular flexibility index (Phi) is 5.59. The minimum atomic E-state index is -4.24. The highest BCUT2D eigenvalue weighted by atomic mass is 79.9. The molecule has 178 valence electrons. The molecule has 1 aliphatic carbocycles. The molecule has 3 aromatic carbocycles. The quantitative estimate of drug-likeness (QED) is 0.367. The minimum absolute atomic E-state index is 0.118. The van der Waals surface area contributed by atoms with E-state index in [1.807, 2.05) is 24.3 Å². The van der Waals surface area contributed by atoms with Crippen LogP contribution in [-0.2, 0) is 21.2 Å². The van der Waals surface area contributed by atoms with Crippen molar-refractivity contribution in [2.75, 3.05) is 5.32 Å². The molecule has 2 aliphatic rings. The summed E-state index contributed by atoms with van der Waals surface area (Å²) in [5.74, 6) is -1.78. The molecule has 0 fully saturated rings. The van der Waals surface area contributed by atoms with Crippen LogP contribution in [0.15, 0.2) is 75.5 Å². The zero-order chi connectivity index (χ0) is 25.1. The predicted molar refractivity (Wildman–Crippen MR) is 138 cm³/mol. The fraction of sp³-hybridized carbons (Fsp3) is 0.154. The summed E-state index contributed by atoms with van der Waals surface area (Å²) in [7, 11) is -4.24. The van der Waals surface area contributed by atoms with Gasteiger partial charge in [-0.05, 0) is 67.8 Å². The number of hydrogen-bond acceptors (Lipinski definition) is 4. The lowest BCUT2D eigenvalue weighted by Crippen LogP contribution is -2.44. The fourth-order valence-corrected chi connectivity index (χ4v) is 6.52. The lowest BCUT2D eigenvalue weighted by Gasteiger charge is -2.36. The summed E-state index contributed by atoms with van der Waals surface area (Å²) in [6.07, 6.45) is 0.251. The number of aliphatic hydroxyl groups is 1. The molecule has 0 radical (unpaired) electrons. The molecule has 0 amide bonds. The van der Waals surface area contributed by atoms with Crippen LogP contribution in [0.5, 0.6) is 0 Å². The molecule has 6 nitrogen and oxygen atoms in total. The average Bonchev–Trinajstić information content (AvgIpc) is 2.78. The van der Waals surface area contributed by atoms with Crippen molar-refractivity contribution < 1.29 is 23.7 Å². The molecule has 0 saturated carbocycles. The van der Waals surface area contributed by atoms with Crippen molar-refractivity contribution in [3.05, 3.63) is 98.8 Å². The number of benzene rings is 3. The van der Waals surface area contributed by atoms with Crippen LogP contribution in [0, 0.1) is 12.7 Å². The second kappa shape index (κ2) is 8.26. The zero-order valence-electron chi connectivity index (χ0n) is 18.8. The van der Waals surface area contributed by atoms with Gasteiger partial charge in [-0.3, -0.25) is 9.36 Å². The van der Waals surface area contributed by atoms with Gasteiger partial charge in [-0.25, -0.2) is 4.39 Å². The van der Waals surface area contributed by atoms with Crippen molar-refractivity contribution in [1.82, 2.24) is 0 Å². The molecule has 5 rings (SSSR count). The third kappa shape index (κ3) is 3.96. The Bertz CT molecular complexity index is 1530. The maximum absolute atomic E-state index is 14.3. The van der Waals surface area contributed by atoms with E-state index in [0.29, 0.717) is 11.3 Å². The van der Waals surface area contributed by atoms with E-state index in [4.69, 9.17) is 0 Å². The lowest BCUT2D eigenvalue weighted by atomic mass is 9.66. The normalized spacial score (nSPS) is 23.3. The first-order chi connectivity index (χ1) is 16.5. The molecule has 3 N–H and O–H groups in total. The third-order valence-corrected chi connectivity index (χ3v) is 8.40. The Morgan fingerprint density at radius 2 is 1.91 bits per heavy atom. The molecule has 0 spiro atoms. The van der Waals surface area contributed by atoms with E-state index in [0.717, 1.165) is 21.7 Å². The molecule has 2 atom stereocenters. The molecule has 1 aliphatic heterocycles. The Morgan fingerprint density at radius 1 is 1.14 bits per heavy atom. The largest absolute Gasteiger partial charge is 0.506 e. The first-order valence-electron chi connectivity index (χ1n) is 10.8. The van der Waals surface area contributed by atoms with Crippen LogP contribution in [0.2, 0.25) is 0 Å². The van der Waals surface area contributed by atoms with Crippen molar-refractivity contribution in [3.8, 4) is 0 Å². The Labute approximate surface area is 209 Å². The summed E-state index contributed by atoms with van der Waals surface area (Å²) in [4.78, 5) is 24.8. The van der Waals surface area contributed by atoms with Gasteiger partial charge in [0.05, 0.1) is 16.4 Å². The monoisotopic (exact) mass is 554 g/mol. The molecule has 0 saturated heterocycles. The number of ketones is 1. The smallest absolute Gasteiger partial charge is 0.346 e. The number of aryl methyl sites for hydroxylation is 1. The molecule has 35 heavy (non-hydrogen) atoms. The number of fused-ring (bicyclic) bond motifs is 2. The van der Waals surface area contributed by atoms with Crippen LogP contribution < -0.4 is 10.6 Å². The molecule has 3 aromatic rings. The Hall–Kier alpha value is -3.06. The maximum atomic E-state index is 14.3. The molecule has 1 heterocycles. The van der Waals surface area contributed by atoms with Gasteiger partial charge in [0.25, 0.3) is 0 Å². The highest BCUT2D eigenvalue weighted by Gasteiger charge is 2.47. The minimum Gasteiger partial charge on any atom is -0.506 e. The molecular formula is C26H21BrFN2O4P. The molecule has 0 aromatic heterocycles. The SMILES string of the molecule is Cc1ccc2c(c1)P(=O)(O)N=C(C1=C(O)c3cc(F)ccc3C(C)(Cc3cccc(Br)c3)C1=O)N2. The van der Waals surface area contributed by atoms with E-state index < -0.39 is 30.3 Å². The molecule has 0 bridgehead atoms. The van der Waals surface area contributed by atoms with E-state index in [1.165, 1.54) is 12.1 Å². The van der Waals surface area contributed by atoms with Gasteiger partial charge < -0.3 is 15.3 Å². The van der Waals surface area contributed by atoms with Gasteiger partial charge in [0.1, 0.15) is 23.0 Å². The van der Waals surface area contributed by atoms with Gasteiger partial charge in [-0.1, -0.05) is 45.8 Å². The number of nitrogens with zero attached hydrogens (tertiary/aromatic N) is 1. The van der Waals surface area contributed by atoms with Gasteiger partial charge in [-0.2, -0.15) is 4.76 Å². The van der Waals surface area contributed by atoms with Crippen LogP contribution in [0.1, 0.15) is 29.2 Å². The summed E-state index contributed by atoms with van der Waals surface area (Å²) >= 11 is 3.45. The van der Waals surface area contributed by atoms with Gasteiger partial charge in [0, 0.05) is 10.0 Å². The van der Waals surface area contributed by atoms with Crippen molar-refractivity contribution in [2.24, 2.45) is 4.76 Å². The standard InChI is InChI=1S/C26H21BrFN2O4P/c1-14-6-9-20-21(10-14)35(33,34)30-25(29-20)22-23(31)18-12-17(28)7-8-19(18)26(2,24(22)32)13-15-4-3-5-16(27)11-15/h3-12,31H,13H2,1-2H3,(H2,29,30,33,34). The number of halogens is 2. The highest BCUT2D eigenvalue weighted by molar-refractivity contribution is 9.10. The van der Waals surface area contributed by atoms with Crippen molar-refractivity contribution in [1.29, 1.82) is 0 Å². The van der Waals surface area contributed by atoms with E-state index >= 15 is 0 Å². The van der Waals surface area contributed by atoms with Crippen LogP contribution in [0.3, 0.4) is 0 Å². The zero-order valence-corrected chi connectivity index (χ0v) is 21.3. The van der Waals surface area contributed by atoms with Crippen molar-refractivity contribution >= 4 is 51.8 Å². The van der Waals surface area contributed by atoms with E-state index in [-0.39, 0.29) is 28.7 Å². The highest BCUT2D eigenvalue weighted by Crippen LogP contribution is 2.49. The number of carbonyl (C=O) groups excluding carboxylic acids is 1. The number of carbonyl (C=O) groups is 1. The summed E-state index contributed by atoms with van der Waals surface area (Å²) in [5.41, 5.74) is 1.09. The number of rotatable bonds is 3.